The van der Waals surface area contributed by atoms with E-state index in [1.807, 2.05) is 69.3 Å². The van der Waals surface area contributed by atoms with Crippen LogP contribution in [0.15, 0.2) is 72.3 Å². The molecule has 1 aliphatic rings. The number of ether oxygens (including phenoxy) is 2. The van der Waals surface area contributed by atoms with E-state index in [4.69, 9.17) is 9.47 Å². The largest absolute Gasteiger partial charge is 0.507 e. The molecule has 1 N–H and O–H groups in total. The summed E-state index contributed by atoms with van der Waals surface area (Å²) in [4.78, 5) is 28.3. The molecule has 1 aliphatic heterocycles. The van der Waals surface area contributed by atoms with E-state index in [1.165, 1.54) is 4.90 Å². The first-order valence-corrected chi connectivity index (χ1v) is 12.9. The van der Waals surface area contributed by atoms with Gasteiger partial charge in [0, 0.05) is 12.1 Å². The standard InChI is InChI=1S/C32H35NO5/c1-19(2)23-9-11-24(12-10-23)29-28(30(34)25-13-16-27(21(5)17-25)38-20(3)4)31(35)32(36)33(29)18-22-7-14-26(37-6)15-8-22/h7-17,19-20,29,34H,18H2,1-6H3/b30-28-. The van der Waals surface area contributed by atoms with Crippen molar-refractivity contribution in [2.24, 2.45) is 0 Å². The van der Waals surface area contributed by atoms with Crippen LogP contribution >= 0.6 is 0 Å². The summed E-state index contributed by atoms with van der Waals surface area (Å²) in [6.07, 6.45) is 0.00485. The Hall–Kier alpha value is -4.06. The Morgan fingerprint density at radius 3 is 2.16 bits per heavy atom. The molecule has 1 unspecified atom stereocenters. The zero-order chi connectivity index (χ0) is 27.6. The smallest absolute Gasteiger partial charge is 0.295 e. The van der Waals surface area contributed by atoms with Gasteiger partial charge in [0.05, 0.1) is 24.8 Å². The molecule has 3 aromatic carbocycles. The average molecular weight is 514 g/mol. The molecule has 6 nitrogen and oxygen atoms in total. The van der Waals surface area contributed by atoms with Crippen molar-refractivity contribution in [2.45, 2.75) is 59.2 Å². The summed E-state index contributed by atoms with van der Waals surface area (Å²) in [6.45, 7) is 10.2. The molecular weight excluding hydrogens is 478 g/mol. The molecule has 6 heteroatoms. The molecule has 4 rings (SSSR count). The van der Waals surface area contributed by atoms with Gasteiger partial charge in [0.1, 0.15) is 17.3 Å². The fraction of sp³-hybridized carbons (Fsp3) is 0.312. The molecule has 1 amide bonds. The summed E-state index contributed by atoms with van der Waals surface area (Å²) in [6, 6.07) is 19.8. The minimum atomic E-state index is -0.731. The summed E-state index contributed by atoms with van der Waals surface area (Å²) in [5, 5.41) is 11.5. The number of aliphatic hydroxyl groups excluding tert-OH is 1. The van der Waals surface area contributed by atoms with Crippen molar-refractivity contribution in [3.05, 3.63) is 100 Å². The van der Waals surface area contributed by atoms with Crippen molar-refractivity contribution < 1.29 is 24.2 Å². The van der Waals surface area contributed by atoms with Gasteiger partial charge in [-0.15, -0.1) is 0 Å². The Bertz CT molecular complexity index is 1350. The van der Waals surface area contributed by atoms with E-state index in [0.717, 1.165) is 22.3 Å². The van der Waals surface area contributed by atoms with Crippen LogP contribution in [-0.2, 0) is 16.1 Å². The lowest BCUT2D eigenvalue weighted by molar-refractivity contribution is -0.140. The van der Waals surface area contributed by atoms with Gasteiger partial charge in [-0.3, -0.25) is 9.59 Å². The van der Waals surface area contributed by atoms with Crippen molar-refractivity contribution in [2.75, 3.05) is 7.11 Å². The quantitative estimate of drug-likeness (QED) is 0.210. The Balaban J connectivity index is 1.81. The van der Waals surface area contributed by atoms with Crippen molar-refractivity contribution in [3.8, 4) is 11.5 Å². The third-order valence-corrected chi connectivity index (χ3v) is 6.78. The number of rotatable bonds is 8. The second-order valence-corrected chi connectivity index (χ2v) is 10.2. The number of likely N-dealkylation sites (tertiary alicyclic amines) is 1. The van der Waals surface area contributed by atoms with Gasteiger partial charge in [0.25, 0.3) is 11.7 Å². The second kappa shape index (κ2) is 11.1. The van der Waals surface area contributed by atoms with Crippen molar-refractivity contribution in [1.82, 2.24) is 4.90 Å². The average Bonchev–Trinajstić information content (AvgIpc) is 3.14. The highest BCUT2D eigenvalue weighted by atomic mass is 16.5. The van der Waals surface area contributed by atoms with Crippen molar-refractivity contribution >= 4 is 17.4 Å². The number of aliphatic hydroxyl groups is 1. The van der Waals surface area contributed by atoms with E-state index in [1.54, 1.807) is 25.3 Å². The maximum Gasteiger partial charge on any atom is 0.295 e. The molecule has 0 aromatic heterocycles. The Morgan fingerprint density at radius 1 is 0.947 bits per heavy atom. The van der Waals surface area contributed by atoms with Gasteiger partial charge in [-0.2, -0.15) is 0 Å². The van der Waals surface area contributed by atoms with Crippen LogP contribution in [0, 0.1) is 6.92 Å². The van der Waals surface area contributed by atoms with E-state index < -0.39 is 17.7 Å². The number of nitrogens with zero attached hydrogens (tertiary/aromatic N) is 1. The highest BCUT2D eigenvalue weighted by Crippen LogP contribution is 2.41. The molecule has 1 atom stereocenters. The first-order valence-electron chi connectivity index (χ1n) is 12.9. The van der Waals surface area contributed by atoms with E-state index in [2.05, 4.69) is 13.8 Å². The molecule has 0 spiro atoms. The van der Waals surface area contributed by atoms with E-state index in [9.17, 15) is 14.7 Å². The number of carbonyl (C=O) groups excluding carboxylic acids is 2. The van der Waals surface area contributed by atoms with Gasteiger partial charge in [0.15, 0.2) is 0 Å². The van der Waals surface area contributed by atoms with Crippen LogP contribution in [0.4, 0.5) is 0 Å². The zero-order valence-electron chi connectivity index (χ0n) is 22.8. The lowest BCUT2D eigenvalue weighted by Gasteiger charge is -2.26. The van der Waals surface area contributed by atoms with Gasteiger partial charge in [-0.1, -0.05) is 50.2 Å². The van der Waals surface area contributed by atoms with Crippen LogP contribution in [-0.4, -0.2) is 34.9 Å². The highest BCUT2D eigenvalue weighted by molar-refractivity contribution is 6.46. The van der Waals surface area contributed by atoms with Crippen LogP contribution in [0.3, 0.4) is 0 Å². The highest BCUT2D eigenvalue weighted by Gasteiger charge is 2.46. The number of methoxy groups -OCH3 is 1. The van der Waals surface area contributed by atoms with Gasteiger partial charge in [0.2, 0.25) is 0 Å². The molecule has 0 bridgehead atoms. The third-order valence-electron chi connectivity index (χ3n) is 6.78. The van der Waals surface area contributed by atoms with Gasteiger partial charge in [-0.25, -0.2) is 0 Å². The number of benzene rings is 3. The van der Waals surface area contributed by atoms with Gasteiger partial charge in [-0.05, 0) is 79.3 Å². The normalized spacial score (nSPS) is 16.9. The summed E-state index contributed by atoms with van der Waals surface area (Å²) < 4.78 is 11.1. The lowest BCUT2D eigenvalue weighted by atomic mass is 9.92. The predicted octanol–water partition coefficient (Wildman–Crippen LogP) is 6.54. The summed E-state index contributed by atoms with van der Waals surface area (Å²) in [5.41, 5.74) is 4.13. The second-order valence-electron chi connectivity index (χ2n) is 10.2. The number of hydrogen-bond acceptors (Lipinski definition) is 5. The topological polar surface area (TPSA) is 76.1 Å². The van der Waals surface area contributed by atoms with E-state index in [-0.39, 0.29) is 24.0 Å². The molecule has 1 saturated heterocycles. The number of amides is 1. The molecule has 3 aromatic rings. The number of carbonyl (C=O) groups is 2. The fourth-order valence-corrected chi connectivity index (χ4v) is 4.72. The summed E-state index contributed by atoms with van der Waals surface area (Å²) in [5.74, 6) is 0.210. The molecule has 198 valence electrons. The fourth-order valence-electron chi connectivity index (χ4n) is 4.72. The molecular formula is C32H35NO5. The maximum absolute atomic E-state index is 13.4. The Labute approximate surface area is 224 Å². The van der Waals surface area contributed by atoms with Crippen LogP contribution in [0.25, 0.3) is 5.76 Å². The van der Waals surface area contributed by atoms with Crippen LogP contribution < -0.4 is 9.47 Å². The first-order chi connectivity index (χ1) is 18.1. The molecule has 1 fully saturated rings. The number of Topliss-reactive ketones (excluding diaryl/α,β-unsaturated/α-hetero) is 1. The molecule has 0 aliphatic carbocycles. The molecule has 38 heavy (non-hydrogen) atoms. The number of aryl methyl sites for hydroxylation is 1. The SMILES string of the molecule is COc1ccc(CN2C(=O)C(=O)/C(=C(\O)c3ccc(OC(C)C)c(C)c3)C2c2ccc(C(C)C)cc2)cc1. The Kier molecular flexibility index (Phi) is 7.91. The minimum Gasteiger partial charge on any atom is -0.507 e. The van der Waals surface area contributed by atoms with E-state index in [0.29, 0.717) is 23.0 Å². The molecule has 1 heterocycles. The number of hydrogen-bond donors (Lipinski definition) is 1. The minimum absolute atomic E-state index is 0.00485. The van der Waals surface area contributed by atoms with Gasteiger partial charge < -0.3 is 19.5 Å². The monoisotopic (exact) mass is 513 g/mol. The van der Waals surface area contributed by atoms with Crippen molar-refractivity contribution in [3.63, 3.8) is 0 Å². The van der Waals surface area contributed by atoms with Crippen LogP contribution in [0.5, 0.6) is 11.5 Å². The number of ketones is 1. The third kappa shape index (κ3) is 5.44. The molecule has 0 saturated carbocycles. The van der Waals surface area contributed by atoms with Crippen molar-refractivity contribution in [1.29, 1.82) is 0 Å². The Morgan fingerprint density at radius 2 is 1.61 bits per heavy atom. The maximum atomic E-state index is 13.4. The van der Waals surface area contributed by atoms with E-state index >= 15 is 0 Å². The van der Waals surface area contributed by atoms with Crippen LogP contribution in [0.1, 0.15) is 67.5 Å². The van der Waals surface area contributed by atoms with Gasteiger partial charge >= 0.3 is 0 Å². The predicted molar refractivity (Wildman–Crippen MR) is 148 cm³/mol. The zero-order valence-corrected chi connectivity index (χ0v) is 22.8. The van der Waals surface area contributed by atoms with Crippen LogP contribution in [0.2, 0.25) is 0 Å². The molecule has 0 radical (unpaired) electrons. The lowest BCUT2D eigenvalue weighted by Crippen LogP contribution is -2.29. The summed E-state index contributed by atoms with van der Waals surface area (Å²) >= 11 is 0. The summed E-state index contributed by atoms with van der Waals surface area (Å²) in [7, 11) is 1.59. The first kappa shape index (κ1) is 27.0.